The van der Waals surface area contributed by atoms with Crippen LogP contribution < -0.4 is 10.9 Å². The average Bonchev–Trinajstić information content (AvgIpc) is 3.50. The molecule has 204 valence electrons. The lowest BCUT2D eigenvalue weighted by Crippen LogP contribution is -2.41. The van der Waals surface area contributed by atoms with Crippen LogP contribution in [0.4, 0.5) is 0 Å². The zero-order chi connectivity index (χ0) is 27.6. The first-order valence-corrected chi connectivity index (χ1v) is 12.6. The molecule has 0 aliphatic carbocycles. The van der Waals surface area contributed by atoms with Gasteiger partial charge in [0.25, 0.3) is 0 Å². The Bertz CT molecular complexity index is 1040. The van der Waals surface area contributed by atoms with Crippen LogP contribution in [0.5, 0.6) is 0 Å². The van der Waals surface area contributed by atoms with Crippen molar-refractivity contribution in [3.8, 4) is 0 Å². The highest BCUT2D eigenvalue weighted by Gasteiger charge is 2.53. The number of rotatable bonds is 7. The molecule has 0 atom stereocenters. The number of carbonyl (C=O) groups is 1. The minimum atomic E-state index is -0.414. The van der Waals surface area contributed by atoms with E-state index in [2.05, 4.69) is 10.2 Å². The van der Waals surface area contributed by atoms with E-state index in [4.69, 9.17) is 28.5 Å². The molecule has 11 nitrogen and oxygen atoms in total. The molecule has 0 bridgehead atoms. The Morgan fingerprint density at radius 1 is 0.811 bits per heavy atom. The number of aromatic nitrogens is 4. The van der Waals surface area contributed by atoms with Gasteiger partial charge in [-0.3, -0.25) is 14.2 Å². The van der Waals surface area contributed by atoms with E-state index in [1.807, 2.05) is 67.8 Å². The summed E-state index contributed by atoms with van der Waals surface area (Å²) in [6.07, 6.45) is 7.14. The molecule has 1 N–H and O–H groups in total. The van der Waals surface area contributed by atoms with Crippen LogP contribution in [0.15, 0.2) is 24.8 Å². The zero-order valence-electron chi connectivity index (χ0n) is 23.5. The highest BCUT2D eigenvalue weighted by Crippen LogP contribution is 2.37. The molecule has 2 aromatic heterocycles. The maximum absolute atomic E-state index is 10.7. The van der Waals surface area contributed by atoms with Gasteiger partial charge in [0, 0.05) is 42.6 Å². The molecule has 4 rings (SSSR count). The minimum Gasteiger partial charge on any atom is -0.464 e. The fraction of sp³-hybridized carbons (Fsp3) is 0.708. The van der Waals surface area contributed by atoms with Crippen molar-refractivity contribution in [2.24, 2.45) is 0 Å². The standard InChI is InChI=1S/C13H21BN2O4.C11H19BN2O3/c1-10(17)18-7-6-16-9-11(8-15-16)14-19-12(2,3)13(4,5)20-14;1-10(2)11(3,4)17-12(16-10)9-7-13-14(8-9)5-6-15/h8-9H,6-7H2,1-5H3;7-8,15H,5-6H2,1-4H3. The Morgan fingerprint density at radius 2 is 1.19 bits per heavy atom. The van der Waals surface area contributed by atoms with Crippen molar-refractivity contribution < 1.29 is 33.3 Å². The molecule has 13 heteroatoms. The monoisotopic (exact) mass is 518 g/mol. The maximum atomic E-state index is 10.7. The second-order valence-corrected chi connectivity index (χ2v) is 11.3. The molecule has 4 heterocycles. The molecule has 0 unspecified atom stereocenters. The van der Waals surface area contributed by atoms with E-state index in [-0.39, 0.29) is 42.1 Å². The van der Waals surface area contributed by atoms with Crippen molar-refractivity contribution >= 4 is 31.1 Å². The van der Waals surface area contributed by atoms with E-state index in [0.29, 0.717) is 19.7 Å². The van der Waals surface area contributed by atoms with Gasteiger partial charge in [-0.05, 0) is 55.4 Å². The Morgan fingerprint density at radius 3 is 1.54 bits per heavy atom. The molecule has 2 aliphatic heterocycles. The lowest BCUT2D eigenvalue weighted by atomic mass is 9.82. The van der Waals surface area contributed by atoms with Crippen LogP contribution in [0.1, 0.15) is 62.3 Å². The van der Waals surface area contributed by atoms with E-state index in [9.17, 15) is 4.79 Å². The summed E-state index contributed by atoms with van der Waals surface area (Å²) in [5.74, 6) is -0.289. The summed E-state index contributed by atoms with van der Waals surface area (Å²) in [5, 5.41) is 17.2. The molecular formula is C24H40B2N4O7. The maximum Gasteiger partial charge on any atom is 0.498 e. The first-order valence-electron chi connectivity index (χ1n) is 12.6. The largest absolute Gasteiger partial charge is 0.498 e. The molecule has 0 saturated carbocycles. The molecule has 37 heavy (non-hydrogen) atoms. The first kappa shape index (κ1) is 29.4. The highest BCUT2D eigenvalue weighted by atomic mass is 16.7. The summed E-state index contributed by atoms with van der Waals surface area (Å²) < 4.78 is 32.0. The summed E-state index contributed by atoms with van der Waals surface area (Å²) in [6, 6.07) is 0. The van der Waals surface area contributed by atoms with E-state index in [0.717, 1.165) is 10.9 Å². The second-order valence-electron chi connectivity index (χ2n) is 11.3. The predicted molar refractivity (Wildman–Crippen MR) is 140 cm³/mol. The van der Waals surface area contributed by atoms with Crippen molar-refractivity contribution in [2.45, 2.75) is 97.8 Å². The van der Waals surface area contributed by atoms with E-state index in [1.54, 1.807) is 21.8 Å². The van der Waals surface area contributed by atoms with Crippen LogP contribution in [0, 0.1) is 0 Å². The molecule has 0 amide bonds. The number of carbonyl (C=O) groups excluding carboxylic acids is 1. The van der Waals surface area contributed by atoms with E-state index in [1.165, 1.54) is 6.92 Å². The third-order valence-corrected chi connectivity index (χ3v) is 7.31. The van der Waals surface area contributed by atoms with Crippen molar-refractivity contribution in [3.63, 3.8) is 0 Å². The fourth-order valence-corrected chi connectivity index (χ4v) is 3.59. The third kappa shape index (κ3) is 6.83. The van der Waals surface area contributed by atoms with Crippen molar-refractivity contribution in [1.29, 1.82) is 0 Å². The summed E-state index contributed by atoms with van der Waals surface area (Å²) >= 11 is 0. The lowest BCUT2D eigenvalue weighted by molar-refractivity contribution is -0.141. The van der Waals surface area contributed by atoms with Crippen LogP contribution in [-0.2, 0) is 41.2 Å². The topological polar surface area (TPSA) is 119 Å². The van der Waals surface area contributed by atoms with Gasteiger partial charge < -0.3 is 28.5 Å². The molecule has 2 saturated heterocycles. The number of aliphatic hydroxyl groups is 1. The molecule has 2 aromatic rings. The molecule has 0 spiro atoms. The van der Waals surface area contributed by atoms with Gasteiger partial charge in [-0.15, -0.1) is 0 Å². The van der Waals surface area contributed by atoms with Crippen LogP contribution in [-0.4, -0.2) is 80.5 Å². The summed E-state index contributed by atoms with van der Waals surface area (Å²) in [4.78, 5) is 10.7. The van der Waals surface area contributed by atoms with Gasteiger partial charge in [0.15, 0.2) is 0 Å². The zero-order valence-corrected chi connectivity index (χ0v) is 23.5. The quantitative estimate of drug-likeness (QED) is 0.422. The Balaban J connectivity index is 0.000000208. The van der Waals surface area contributed by atoms with Gasteiger partial charge in [0.05, 0.1) is 42.1 Å². The fourth-order valence-electron chi connectivity index (χ4n) is 3.59. The Kier molecular flexibility index (Phi) is 8.65. The molecule has 2 aliphatic rings. The van der Waals surface area contributed by atoms with E-state index >= 15 is 0 Å². The SMILES string of the molecule is CC(=O)OCCn1cc(B2OC(C)(C)C(C)(C)O2)cn1.CC1(C)OB(c2cnn(CCO)c2)OC1(C)C. The third-order valence-electron chi connectivity index (χ3n) is 7.31. The van der Waals surface area contributed by atoms with Gasteiger partial charge in [0.1, 0.15) is 6.61 Å². The number of nitrogens with zero attached hydrogens (tertiary/aromatic N) is 4. The Hall–Kier alpha value is -2.18. The molecule has 0 radical (unpaired) electrons. The highest BCUT2D eigenvalue weighted by molar-refractivity contribution is 6.62. The summed E-state index contributed by atoms with van der Waals surface area (Å²) in [7, 11) is -0.796. The van der Waals surface area contributed by atoms with Crippen molar-refractivity contribution in [3.05, 3.63) is 24.8 Å². The second kappa shape index (κ2) is 10.9. The number of hydrogen-bond acceptors (Lipinski definition) is 9. The average molecular weight is 518 g/mol. The molecular weight excluding hydrogens is 478 g/mol. The molecule has 0 aromatic carbocycles. The van der Waals surface area contributed by atoms with Gasteiger partial charge in [-0.1, -0.05) is 0 Å². The van der Waals surface area contributed by atoms with Gasteiger partial charge in [-0.25, -0.2) is 0 Å². The predicted octanol–water partition coefficient (Wildman–Crippen LogP) is 0.920. The Labute approximate surface area is 220 Å². The van der Waals surface area contributed by atoms with Gasteiger partial charge >= 0.3 is 20.2 Å². The van der Waals surface area contributed by atoms with Gasteiger partial charge in [-0.2, -0.15) is 10.2 Å². The number of esters is 1. The smallest absolute Gasteiger partial charge is 0.464 e. The van der Waals surface area contributed by atoms with Crippen LogP contribution >= 0.6 is 0 Å². The summed E-state index contributed by atoms with van der Waals surface area (Å²) in [6.45, 7) is 18.9. The van der Waals surface area contributed by atoms with Crippen molar-refractivity contribution in [2.75, 3.05) is 13.2 Å². The number of aliphatic hydroxyl groups excluding tert-OH is 1. The number of ether oxygens (including phenoxy) is 1. The van der Waals surface area contributed by atoms with Crippen LogP contribution in [0.3, 0.4) is 0 Å². The summed E-state index contributed by atoms with van der Waals surface area (Å²) in [5.41, 5.74) is 0.353. The minimum absolute atomic E-state index is 0.0739. The normalized spacial score (nSPS) is 21.0. The molecule has 2 fully saturated rings. The van der Waals surface area contributed by atoms with Crippen LogP contribution in [0.2, 0.25) is 0 Å². The number of hydrogen-bond donors (Lipinski definition) is 1. The first-order chi connectivity index (χ1) is 17.1. The lowest BCUT2D eigenvalue weighted by Gasteiger charge is -2.32. The van der Waals surface area contributed by atoms with Gasteiger partial charge in [0.2, 0.25) is 0 Å². The van der Waals surface area contributed by atoms with Crippen molar-refractivity contribution in [1.82, 2.24) is 19.6 Å². The van der Waals surface area contributed by atoms with Crippen LogP contribution in [0.25, 0.3) is 0 Å². The van der Waals surface area contributed by atoms with E-state index < -0.39 is 7.12 Å².